The summed E-state index contributed by atoms with van der Waals surface area (Å²) >= 11 is 0. The molecule has 0 spiro atoms. The van der Waals surface area contributed by atoms with Gasteiger partial charge in [-0.15, -0.1) is 0 Å². The first-order valence-corrected chi connectivity index (χ1v) is 5.77. The van der Waals surface area contributed by atoms with Crippen LogP contribution >= 0.6 is 0 Å². The average Bonchev–Trinajstić information content (AvgIpc) is 2.86. The second-order valence-electron chi connectivity index (χ2n) is 4.09. The van der Waals surface area contributed by atoms with Crippen molar-refractivity contribution in [1.82, 2.24) is 4.98 Å². The van der Waals surface area contributed by atoms with Crippen LogP contribution in [0.25, 0.3) is 10.9 Å². The van der Waals surface area contributed by atoms with E-state index in [-0.39, 0.29) is 0 Å². The third kappa shape index (κ3) is 2.02. The predicted octanol–water partition coefficient (Wildman–Crippen LogP) is 3.78. The molecule has 0 aliphatic rings. The minimum atomic E-state index is 0.846. The Kier molecular flexibility index (Phi) is 2.54. The van der Waals surface area contributed by atoms with E-state index < -0.39 is 0 Å². The number of aromatic amines is 1. The van der Waals surface area contributed by atoms with Crippen LogP contribution < -0.4 is 5.32 Å². The summed E-state index contributed by atoms with van der Waals surface area (Å²) in [6.07, 6.45) is 1.97. The summed E-state index contributed by atoms with van der Waals surface area (Å²) in [6.45, 7) is 0.846. The number of hydrogen-bond donors (Lipinski definition) is 2. The second-order valence-corrected chi connectivity index (χ2v) is 4.09. The lowest BCUT2D eigenvalue weighted by Crippen LogP contribution is -1.99. The monoisotopic (exact) mass is 222 g/mol. The molecule has 0 unspecified atom stereocenters. The van der Waals surface area contributed by atoms with Gasteiger partial charge in [-0.1, -0.05) is 42.5 Å². The number of aromatic nitrogens is 1. The van der Waals surface area contributed by atoms with E-state index in [0.29, 0.717) is 0 Å². The molecule has 1 heterocycles. The van der Waals surface area contributed by atoms with Crippen LogP contribution in [0.5, 0.6) is 0 Å². The van der Waals surface area contributed by atoms with Crippen molar-refractivity contribution >= 4 is 16.6 Å². The number of fused-ring (bicyclic) bond motifs is 1. The molecule has 0 saturated heterocycles. The first-order chi connectivity index (χ1) is 8.43. The van der Waals surface area contributed by atoms with Crippen LogP contribution in [0.2, 0.25) is 0 Å². The van der Waals surface area contributed by atoms with E-state index in [1.165, 1.54) is 16.5 Å². The number of benzene rings is 2. The van der Waals surface area contributed by atoms with Crippen LogP contribution in [0, 0.1) is 0 Å². The van der Waals surface area contributed by atoms with Gasteiger partial charge in [-0.05, 0) is 17.7 Å². The van der Waals surface area contributed by atoms with Crippen LogP contribution in [-0.2, 0) is 6.54 Å². The molecule has 0 aliphatic heterocycles. The van der Waals surface area contributed by atoms with E-state index >= 15 is 0 Å². The minimum Gasteiger partial charge on any atom is -0.379 e. The zero-order valence-electron chi connectivity index (χ0n) is 9.48. The molecule has 0 amide bonds. The van der Waals surface area contributed by atoms with Gasteiger partial charge in [0.15, 0.2) is 0 Å². The molecule has 2 N–H and O–H groups in total. The Morgan fingerprint density at radius 2 is 1.76 bits per heavy atom. The van der Waals surface area contributed by atoms with Crippen LogP contribution in [0.4, 0.5) is 5.69 Å². The molecular weight excluding hydrogens is 208 g/mol. The van der Waals surface area contributed by atoms with Gasteiger partial charge in [0.2, 0.25) is 0 Å². The molecular formula is C15H14N2. The standard InChI is InChI=1S/C15H14N2/c1-2-5-12(6-3-1)11-17-14-8-4-7-13-9-10-16-15(13)14/h1-10,16-17H,11H2. The van der Waals surface area contributed by atoms with Gasteiger partial charge in [-0.2, -0.15) is 0 Å². The highest BCUT2D eigenvalue weighted by atomic mass is 14.9. The Morgan fingerprint density at radius 1 is 0.882 bits per heavy atom. The molecule has 84 valence electrons. The third-order valence-electron chi connectivity index (χ3n) is 2.91. The van der Waals surface area contributed by atoms with Crippen molar-refractivity contribution in [2.24, 2.45) is 0 Å². The van der Waals surface area contributed by atoms with Gasteiger partial charge >= 0.3 is 0 Å². The number of hydrogen-bond acceptors (Lipinski definition) is 1. The van der Waals surface area contributed by atoms with Gasteiger partial charge in [0.05, 0.1) is 11.2 Å². The van der Waals surface area contributed by atoms with Gasteiger partial charge in [-0.25, -0.2) is 0 Å². The number of anilines is 1. The van der Waals surface area contributed by atoms with Crippen LogP contribution in [0.15, 0.2) is 60.8 Å². The Morgan fingerprint density at radius 3 is 2.65 bits per heavy atom. The fourth-order valence-electron chi connectivity index (χ4n) is 2.03. The zero-order chi connectivity index (χ0) is 11.5. The molecule has 0 aliphatic carbocycles. The largest absolute Gasteiger partial charge is 0.379 e. The fraction of sp³-hybridized carbons (Fsp3) is 0.0667. The maximum Gasteiger partial charge on any atom is 0.0689 e. The second kappa shape index (κ2) is 4.34. The Labute approximate surface area is 100 Å². The predicted molar refractivity (Wildman–Crippen MR) is 72.1 cm³/mol. The molecule has 2 aromatic carbocycles. The Bertz CT molecular complexity index is 611. The molecule has 0 atom stereocenters. The summed E-state index contributed by atoms with van der Waals surface area (Å²) in [7, 11) is 0. The van der Waals surface area contributed by atoms with E-state index in [1.807, 2.05) is 12.3 Å². The van der Waals surface area contributed by atoms with Crippen molar-refractivity contribution < 1.29 is 0 Å². The first kappa shape index (κ1) is 9.97. The lowest BCUT2D eigenvalue weighted by molar-refractivity contribution is 1.15. The molecule has 2 nitrogen and oxygen atoms in total. The van der Waals surface area contributed by atoms with Crippen LogP contribution in [0.3, 0.4) is 0 Å². The average molecular weight is 222 g/mol. The molecule has 2 heteroatoms. The van der Waals surface area contributed by atoms with Crippen molar-refractivity contribution in [3.05, 3.63) is 66.4 Å². The van der Waals surface area contributed by atoms with Crippen molar-refractivity contribution in [3.63, 3.8) is 0 Å². The molecule has 0 fully saturated rings. The highest BCUT2D eigenvalue weighted by molar-refractivity contribution is 5.90. The fourth-order valence-corrected chi connectivity index (χ4v) is 2.03. The van der Waals surface area contributed by atoms with Gasteiger partial charge in [0, 0.05) is 18.1 Å². The molecule has 3 aromatic rings. The molecule has 0 bridgehead atoms. The summed E-state index contributed by atoms with van der Waals surface area (Å²) in [5.74, 6) is 0. The lowest BCUT2D eigenvalue weighted by Gasteiger charge is -2.07. The van der Waals surface area contributed by atoms with Crippen molar-refractivity contribution in [3.8, 4) is 0 Å². The van der Waals surface area contributed by atoms with E-state index in [1.54, 1.807) is 0 Å². The number of rotatable bonds is 3. The number of nitrogens with one attached hydrogen (secondary N) is 2. The summed E-state index contributed by atoms with van der Waals surface area (Å²) in [4.78, 5) is 3.26. The number of para-hydroxylation sites is 1. The van der Waals surface area contributed by atoms with Crippen LogP contribution in [-0.4, -0.2) is 4.98 Å². The summed E-state index contributed by atoms with van der Waals surface area (Å²) in [5.41, 5.74) is 3.61. The molecule has 3 rings (SSSR count). The van der Waals surface area contributed by atoms with Gasteiger partial charge in [0.25, 0.3) is 0 Å². The van der Waals surface area contributed by atoms with E-state index in [9.17, 15) is 0 Å². The molecule has 0 radical (unpaired) electrons. The maximum atomic E-state index is 3.46. The van der Waals surface area contributed by atoms with E-state index in [0.717, 1.165) is 12.2 Å². The van der Waals surface area contributed by atoms with Gasteiger partial charge < -0.3 is 10.3 Å². The Hall–Kier alpha value is -2.22. The van der Waals surface area contributed by atoms with E-state index in [4.69, 9.17) is 0 Å². The summed E-state index contributed by atoms with van der Waals surface area (Å²) in [6, 6.07) is 18.8. The van der Waals surface area contributed by atoms with Gasteiger partial charge in [0.1, 0.15) is 0 Å². The lowest BCUT2D eigenvalue weighted by atomic mass is 10.2. The third-order valence-corrected chi connectivity index (χ3v) is 2.91. The van der Waals surface area contributed by atoms with Crippen molar-refractivity contribution in [2.75, 3.05) is 5.32 Å². The normalized spacial score (nSPS) is 10.6. The molecule has 17 heavy (non-hydrogen) atoms. The van der Waals surface area contributed by atoms with Crippen molar-refractivity contribution in [2.45, 2.75) is 6.54 Å². The molecule has 1 aromatic heterocycles. The highest BCUT2D eigenvalue weighted by Crippen LogP contribution is 2.21. The Balaban J connectivity index is 1.84. The summed E-state index contributed by atoms with van der Waals surface area (Å²) < 4.78 is 0. The number of H-pyrrole nitrogens is 1. The zero-order valence-corrected chi connectivity index (χ0v) is 9.48. The maximum absolute atomic E-state index is 3.46. The molecule has 0 saturated carbocycles. The SMILES string of the molecule is c1ccc(CNc2cccc3cc[nH]c23)cc1. The van der Waals surface area contributed by atoms with Gasteiger partial charge in [-0.3, -0.25) is 0 Å². The van der Waals surface area contributed by atoms with Crippen LogP contribution in [0.1, 0.15) is 5.56 Å². The quantitative estimate of drug-likeness (QED) is 0.693. The first-order valence-electron chi connectivity index (χ1n) is 5.77. The smallest absolute Gasteiger partial charge is 0.0689 e. The van der Waals surface area contributed by atoms with E-state index in [2.05, 4.69) is 58.8 Å². The van der Waals surface area contributed by atoms with Crippen molar-refractivity contribution in [1.29, 1.82) is 0 Å². The summed E-state index contributed by atoms with van der Waals surface area (Å²) in [5, 5.41) is 4.70. The highest BCUT2D eigenvalue weighted by Gasteiger charge is 2.00. The topological polar surface area (TPSA) is 27.8 Å². The minimum absolute atomic E-state index is 0.846.